The number of hydrogen-bond acceptors (Lipinski definition) is 4. The minimum absolute atomic E-state index is 0.123. The fourth-order valence-corrected chi connectivity index (χ4v) is 2.67. The molecule has 1 unspecified atom stereocenters. The average molecular weight is 300 g/mol. The van der Waals surface area contributed by atoms with Crippen LogP contribution >= 0.6 is 11.6 Å². The first-order chi connectivity index (χ1) is 9.41. The Morgan fingerprint density at radius 3 is 2.55 bits per heavy atom. The lowest BCUT2D eigenvalue weighted by Crippen LogP contribution is -2.21. The second-order valence-electron chi connectivity index (χ2n) is 5.08. The van der Waals surface area contributed by atoms with Gasteiger partial charge in [-0.15, -0.1) is 0 Å². The van der Waals surface area contributed by atoms with E-state index in [0.29, 0.717) is 35.3 Å². The van der Waals surface area contributed by atoms with Gasteiger partial charge >= 0.3 is 5.97 Å². The molecule has 1 atom stereocenters. The molecule has 1 aliphatic rings. The van der Waals surface area contributed by atoms with E-state index >= 15 is 0 Å². The quantitative estimate of drug-likeness (QED) is 0.893. The van der Waals surface area contributed by atoms with Crippen LogP contribution in [0.25, 0.3) is 0 Å². The summed E-state index contributed by atoms with van der Waals surface area (Å²) in [6.07, 6.45) is -0.157. The molecule has 3 N–H and O–H groups in total. The topological polar surface area (TPSA) is 81.8 Å². The van der Waals surface area contributed by atoms with Gasteiger partial charge in [0.25, 0.3) is 0 Å². The zero-order valence-corrected chi connectivity index (χ0v) is 12.2. The van der Waals surface area contributed by atoms with Crippen LogP contribution in [-0.4, -0.2) is 24.3 Å². The van der Waals surface area contributed by atoms with E-state index in [1.165, 1.54) is 0 Å². The zero-order chi connectivity index (χ0) is 14.9. The predicted octanol–water partition coefficient (Wildman–Crippen LogP) is 2.71. The molecule has 0 aromatic heterocycles. The van der Waals surface area contributed by atoms with Crippen LogP contribution in [0.4, 0.5) is 0 Å². The van der Waals surface area contributed by atoms with Crippen molar-refractivity contribution in [3.05, 3.63) is 22.2 Å². The summed E-state index contributed by atoms with van der Waals surface area (Å²) in [5, 5.41) is 9.32. The van der Waals surface area contributed by atoms with Gasteiger partial charge in [0, 0.05) is 11.6 Å². The van der Waals surface area contributed by atoms with Gasteiger partial charge in [0.1, 0.15) is 13.2 Å². The number of carboxylic acids is 1. The largest absolute Gasteiger partial charge is 0.486 e. The molecule has 1 heterocycles. The highest BCUT2D eigenvalue weighted by Crippen LogP contribution is 2.46. The van der Waals surface area contributed by atoms with Gasteiger partial charge in [-0.2, -0.15) is 0 Å². The summed E-state index contributed by atoms with van der Waals surface area (Å²) < 4.78 is 11.2. The smallest absolute Gasteiger partial charge is 0.305 e. The summed E-state index contributed by atoms with van der Waals surface area (Å²) in [4.78, 5) is 10.9. The first kappa shape index (κ1) is 14.9. The highest BCUT2D eigenvalue weighted by atomic mass is 35.5. The second kappa shape index (κ2) is 5.89. The maximum absolute atomic E-state index is 10.9. The molecule has 0 saturated heterocycles. The van der Waals surface area contributed by atoms with Crippen molar-refractivity contribution >= 4 is 17.6 Å². The van der Waals surface area contributed by atoms with Crippen molar-refractivity contribution < 1.29 is 19.4 Å². The van der Waals surface area contributed by atoms with Gasteiger partial charge in [0.2, 0.25) is 0 Å². The van der Waals surface area contributed by atoms with Gasteiger partial charge in [-0.25, -0.2) is 0 Å². The van der Waals surface area contributed by atoms with Crippen molar-refractivity contribution in [2.24, 2.45) is 5.73 Å². The summed E-state index contributed by atoms with van der Waals surface area (Å²) in [5.41, 5.74) is 7.58. The fourth-order valence-electron chi connectivity index (χ4n) is 2.41. The number of aliphatic carboxylic acids is 1. The molecule has 1 aliphatic heterocycles. The fraction of sp³-hybridized carbons (Fsp3) is 0.500. The molecule has 5 nitrogen and oxygen atoms in total. The maximum atomic E-state index is 10.9. The Morgan fingerprint density at radius 1 is 1.40 bits per heavy atom. The Balaban J connectivity index is 2.55. The molecule has 0 bridgehead atoms. The van der Waals surface area contributed by atoms with Gasteiger partial charge in [-0.05, 0) is 17.5 Å². The Morgan fingerprint density at radius 2 is 2.00 bits per heavy atom. The average Bonchev–Trinajstić information content (AvgIpc) is 2.37. The number of rotatable bonds is 4. The van der Waals surface area contributed by atoms with Crippen molar-refractivity contribution in [3.8, 4) is 11.5 Å². The number of hydrogen-bond donors (Lipinski definition) is 2. The molecule has 110 valence electrons. The number of nitrogens with two attached hydrogens (primary N) is 1. The minimum atomic E-state index is -0.946. The number of ether oxygens (including phenoxy) is 2. The molecule has 6 heteroatoms. The molecule has 0 amide bonds. The lowest BCUT2D eigenvalue weighted by molar-refractivity contribution is -0.137. The molecule has 1 aromatic carbocycles. The number of carboxylic acid groups (broad SMARTS) is 1. The third-order valence-electron chi connectivity index (χ3n) is 3.21. The highest BCUT2D eigenvalue weighted by molar-refractivity contribution is 6.32. The van der Waals surface area contributed by atoms with Crippen molar-refractivity contribution in [3.63, 3.8) is 0 Å². The number of halogens is 1. The summed E-state index contributed by atoms with van der Waals surface area (Å²) in [5.74, 6) is 0.290. The molecule has 0 radical (unpaired) electrons. The summed E-state index contributed by atoms with van der Waals surface area (Å²) in [6.45, 7) is 4.89. The van der Waals surface area contributed by atoms with Crippen molar-refractivity contribution in [2.75, 3.05) is 13.2 Å². The van der Waals surface area contributed by atoms with Crippen molar-refractivity contribution in [1.82, 2.24) is 0 Å². The van der Waals surface area contributed by atoms with Crippen LogP contribution in [0.1, 0.15) is 43.4 Å². The van der Waals surface area contributed by atoms with Crippen LogP contribution in [-0.2, 0) is 4.79 Å². The molecular formula is C14H18ClNO4. The zero-order valence-electron chi connectivity index (χ0n) is 11.5. The third kappa shape index (κ3) is 2.83. The van der Waals surface area contributed by atoms with Gasteiger partial charge < -0.3 is 20.3 Å². The van der Waals surface area contributed by atoms with Crippen molar-refractivity contribution in [2.45, 2.75) is 32.2 Å². The molecule has 2 rings (SSSR count). The van der Waals surface area contributed by atoms with E-state index in [1.54, 1.807) is 6.07 Å². The van der Waals surface area contributed by atoms with Gasteiger partial charge in [-0.3, -0.25) is 4.79 Å². The molecule has 1 aromatic rings. The van der Waals surface area contributed by atoms with Crippen LogP contribution < -0.4 is 15.2 Å². The van der Waals surface area contributed by atoms with E-state index in [9.17, 15) is 4.79 Å². The van der Waals surface area contributed by atoms with Gasteiger partial charge in [0.05, 0.1) is 11.4 Å². The summed E-state index contributed by atoms with van der Waals surface area (Å²) in [6, 6.07) is 1.07. The van der Waals surface area contributed by atoms with Crippen LogP contribution in [0.3, 0.4) is 0 Å². The molecule has 0 fully saturated rings. The molecule has 0 saturated carbocycles. The normalized spacial score (nSPS) is 15.2. The Labute approximate surface area is 122 Å². The number of fused-ring (bicyclic) bond motifs is 1. The Kier molecular flexibility index (Phi) is 4.40. The SMILES string of the molecule is CC(C)c1c(C(N)CC(=O)O)cc(Cl)c2c1OCCO2. The Hall–Kier alpha value is -1.46. The second-order valence-corrected chi connectivity index (χ2v) is 5.48. The van der Waals surface area contributed by atoms with Gasteiger partial charge in [-0.1, -0.05) is 25.4 Å². The number of carbonyl (C=O) groups is 1. The lowest BCUT2D eigenvalue weighted by atomic mass is 9.90. The molecule has 0 aliphatic carbocycles. The summed E-state index contributed by atoms with van der Waals surface area (Å²) >= 11 is 6.20. The number of benzene rings is 1. The molecular weight excluding hydrogens is 282 g/mol. The minimum Gasteiger partial charge on any atom is -0.486 e. The predicted molar refractivity (Wildman–Crippen MR) is 75.7 cm³/mol. The first-order valence-corrected chi connectivity index (χ1v) is 6.88. The van der Waals surface area contributed by atoms with Crippen LogP contribution in [0.2, 0.25) is 5.02 Å². The molecule has 0 spiro atoms. The van der Waals surface area contributed by atoms with E-state index in [0.717, 1.165) is 5.56 Å². The van der Waals surface area contributed by atoms with Gasteiger partial charge in [0.15, 0.2) is 11.5 Å². The van der Waals surface area contributed by atoms with Crippen LogP contribution in [0, 0.1) is 0 Å². The van der Waals surface area contributed by atoms with E-state index in [-0.39, 0.29) is 12.3 Å². The summed E-state index contributed by atoms with van der Waals surface area (Å²) in [7, 11) is 0. The lowest BCUT2D eigenvalue weighted by Gasteiger charge is -2.27. The monoisotopic (exact) mass is 299 g/mol. The first-order valence-electron chi connectivity index (χ1n) is 6.51. The molecule has 20 heavy (non-hydrogen) atoms. The van der Waals surface area contributed by atoms with E-state index in [4.69, 9.17) is 31.9 Å². The standard InChI is InChI=1S/C14H18ClNO4/c1-7(2)12-8(10(16)6-11(17)18)5-9(15)13-14(12)20-4-3-19-13/h5,7,10H,3-4,6,16H2,1-2H3,(H,17,18). The Bertz CT molecular complexity index is 530. The van der Waals surface area contributed by atoms with Crippen LogP contribution in [0.15, 0.2) is 6.07 Å². The van der Waals surface area contributed by atoms with Crippen molar-refractivity contribution in [1.29, 1.82) is 0 Å². The third-order valence-corrected chi connectivity index (χ3v) is 3.49. The highest BCUT2D eigenvalue weighted by Gasteiger charge is 2.27. The van der Waals surface area contributed by atoms with E-state index < -0.39 is 12.0 Å². The maximum Gasteiger partial charge on any atom is 0.305 e. The van der Waals surface area contributed by atoms with E-state index in [2.05, 4.69) is 0 Å². The van der Waals surface area contributed by atoms with E-state index in [1.807, 2.05) is 13.8 Å². The van der Waals surface area contributed by atoms with Crippen LogP contribution in [0.5, 0.6) is 11.5 Å².